The van der Waals surface area contributed by atoms with Gasteiger partial charge in [0, 0.05) is 35.7 Å². The van der Waals surface area contributed by atoms with Gasteiger partial charge in [-0.25, -0.2) is 0 Å². The van der Waals surface area contributed by atoms with Crippen LogP contribution in [0.2, 0.25) is 0 Å². The van der Waals surface area contributed by atoms with E-state index < -0.39 is 0 Å². The van der Waals surface area contributed by atoms with Crippen LogP contribution in [0.25, 0.3) is 0 Å². The van der Waals surface area contributed by atoms with E-state index >= 15 is 0 Å². The monoisotopic (exact) mass is 327 g/mol. The van der Waals surface area contributed by atoms with Crippen LogP contribution in [0.5, 0.6) is 0 Å². The Morgan fingerprint density at radius 1 is 1.58 bits per heavy atom. The molecule has 104 valence electrons. The Bertz CT molecular complexity index is 503. The molecule has 0 bridgehead atoms. The van der Waals surface area contributed by atoms with Crippen LogP contribution >= 0.6 is 15.9 Å². The van der Waals surface area contributed by atoms with Gasteiger partial charge in [0.15, 0.2) is 0 Å². The number of anilines is 1. The van der Waals surface area contributed by atoms with E-state index in [1.165, 1.54) is 12.8 Å². The molecule has 0 aromatic heterocycles. The largest absolute Gasteiger partial charge is 0.369 e. The van der Waals surface area contributed by atoms with Crippen LogP contribution in [0.15, 0.2) is 16.6 Å². The number of nitro groups is 1. The Labute approximate surface area is 121 Å². The van der Waals surface area contributed by atoms with Gasteiger partial charge in [-0.05, 0) is 47.7 Å². The van der Waals surface area contributed by atoms with Gasteiger partial charge in [-0.3, -0.25) is 10.1 Å². The van der Waals surface area contributed by atoms with Crippen molar-refractivity contribution in [1.82, 2.24) is 0 Å². The molecule has 2 N–H and O–H groups in total. The average molecular weight is 328 g/mol. The van der Waals surface area contributed by atoms with Crippen molar-refractivity contribution in [3.63, 3.8) is 0 Å². The summed E-state index contributed by atoms with van der Waals surface area (Å²) in [6.07, 6.45) is 2.44. The summed E-state index contributed by atoms with van der Waals surface area (Å²) < 4.78 is 0.742. The molecular weight excluding hydrogens is 310 g/mol. The van der Waals surface area contributed by atoms with Crippen LogP contribution in [-0.2, 0) is 0 Å². The topological polar surface area (TPSA) is 72.4 Å². The number of hydrogen-bond acceptors (Lipinski definition) is 4. The molecule has 1 aromatic rings. The SMILES string of the molecule is Cc1cc(N(C)C(CN)C2CC2)c(Br)cc1[N+](=O)[O-]. The molecule has 1 unspecified atom stereocenters. The lowest BCUT2D eigenvalue weighted by Gasteiger charge is -2.30. The second kappa shape index (κ2) is 5.46. The van der Waals surface area contributed by atoms with Gasteiger partial charge in [-0.2, -0.15) is 0 Å². The second-order valence-corrected chi connectivity index (χ2v) is 5.95. The molecular formula is C13H18BrN3O2. The van der Waals surface area contributed by atoms with Crippen molar-refractivity contribution in [2.24, 2.45) is 11.7 Å². The molecule has 0 amide bonds. The van der Waals surface area contributed by atoms with Gasteiger partial charge >= 0.3 is 0 Å². The highest BCUT2D eigenvalue weighted by Crippen LogP contribution is 2.39. The minimum Gasteiger partial charge on any atom is -0.369 e. The van der Waals surface area contributed by atoms with E-state index in [9.17, 15) is 10.1 Å². The number of rotatable bonds is 5. The van der Waals surface area contributed by atoms with Crippen molar-refractivity contribution < 1.29 is 4.92 Å². The lowest BCUT2D eigenvalue weighted by atomic mass is 10.1. The summed E-state index contributed by atoms with van der Waals surface area (Å²) in [4.78, 5) is 12.7. The Morgan fingerprint density at radius 2 is 2.21 bits per heavy atom. The average Bonchev–Trinajstić information content (AvgIpc) is 3.16. The summed E-state index contributed by atoms with van der Waals surface area (Å²) in [5, 5.41) is 10.9. The zero-order valence-corrected chi connectivity index (χ0v) is 12.7. The van der Waals surface area contributed by atoms with Crippen LogP contribution in [0.1, 0.15) is 18.4 Å². The predicted molar refractivity (Wildman–Crippen MR) is 79.5 cm³/mol. The standard InChI is InChI=1S/C13H18BrN3O2/c1-8-5-12(10(14)6-11(8)17(18)19)16(2)13(7-15)9-3-4-9/h5-6,9,13H,3-4,7,15H2,1-2H3. The Hall–Kier alpha value is -1.14. The first-order chi connectivity index (χ1) is 8.95. The van der Waals surface area contributed by atoms with Crippen LogP contribution in [0.4, 0.5) is 11.4 Å². The molecule has 0 aliphatic heterocycles. The smallest absolute Gasteiger partial charge is 0.273 e. The minimum atomic E-state index is -0.356. The molecule has 5 nitrogen and oxygen atoms in total. The molecule has 0 saturated heterocycles. The lowest BCUT2D eigenvalue weighted by molar-refractivity contribution is -0.385. The molecule has 0 spiro atoms. The van der Waals surface area contributed by atoms with Gasteiger partial charge in [0.1, 0.15) is 0 Å². The van der Waals surface area contributed by atoms with Gasteiger partial charge in [0.05, 0.1) is 10.6 Å². The van der Waals surface area contributed by atoms with E-state index in [1.54, 1.807) is 13.0 Å². The number of halogens is 1. The summed E-state index contributed by atoms with van der Waals surface area (Å²) in [5.74, 6) is 0.650. The Kier molecular flexibility index (Phi) is 4.10. The fourth-order valence-electron chi connectivity index (χ4n) is 2.45. The highest BCUT2D eigenvalue weighted by atomic mass is 79.9. The molecule has 1 aliphatic carbocycles. The normalized spacial score (nSPS) is 16.2. The third-order valence-corrected chi connectivity index (χ3v) is 4.38. The van der Waals surface area contributed by atoms with Crippen molar-refractivity contribution in [2.75, 3.05) is 18.5 Å². The number of nitro benzene ring substituents is 1. The van der Waals surface area contributed by atoms with E-state index in [4.69, 9.17) is 5.73 Å². The lowest BCUT2D eigenvalue weighted by Crippen LogP contribution is -2.39. The number of aryl methyl sites for hydroxylation is 1. The van der Waals surface area contributed by atoms with Gasteiger partial charge < -0.3 is 10.6 Å². The highest BCUT2D eigenvalue weighted by Gasteiger charge is 2.33. The number of benzene rings is 1. The quantitative estimate of drug-likeness (QED) is 0.666. The first kappa shape index (κ1) is 14.3. The van der Waals surface area contributed by atoms with Crippen molar-refractivity contribution in [3.05, 3.63) is 32.3 Å². The van der Waals surface area contributed by atoms with E-state index in [2.05, 4.69) is 20.8 Å². The van der Waals surface area contributed by atoms with Gasteiger partial charge in [-0.1, -0.05) is 0 Å². The second-order valence-electron chi connectivity index (χ2n) is 5.10. The predicted octanol–water partition coefficient (Wildman–Crippen LogP) is 2.84. The molecule has 1 saturated carbocycles. The van der Waals surface area contributed by atoms with Crippen LogP contribution < -0.4 is 10.6 Å². The van der Waals surface area contributed by atoms with E-state index in [0.29, 0.717) is 24.1 Å². The third kappa shape index (κ3) is 2.90. The first-order valence-electron chi connectivity index (χ1n) is 6.33. The van der Waals surface area contributed by atoms with E-state index in [-0.39, 0.29) is 10.6 Å². The molecule has 1 aliphatic rings. The molecule has 1 aromatic carbocycles. The van der Waals surface area contributed by atoms with Crippen LogP contribution in [0.3, 0.4) is 0 Å². The van der Waals surface area contributed by atoms with Crippen molar-refractivity contribution in [2.45, 2.75) is 25.8 Å². The summed E-state index contributed by atoms with van der Waals surface area (Å²) >= 11 is 3.43. The number of hydrogen-bond donors (Lipinski definition) is 1. The highest BCUT2D eigenvalue weighted by molar-refractivity contribution is 9.10. The summed E-state index contributed by atoms with van der Waals surface area (Å²) in [6.45, 7) is 2.36. The van der Waals surface area contributed by atoms with Gasteiger partial charge in [0.25, 0.3) is 5.69 Å². The Morgan fingerprint density at radius 3 is 2.68 bits per heavy atom. The zero-order chi connectivity index (χ0) is 14.2. The Balaban J connectivity index is 2.33. The summed E-state index contributed by atoms with van der Waals surface area (Å²) in [7, 11) is 2.00. The van der Waals surface area contributed by atoms with Crippen molar-refractivity contribution in [3.8, 4) is 0 Å². The molecule has 0 heterocycles. The molecule has 0 radical (unpaired) electrons. The van der Waals surface area contributed by atoms with Crippen molar-refractivity contribution in [1.29, 1.82) is 0 Å². The van der Waals surface area contributed by atoms with Gasteiger partial charge in [-0.15, -0.1) is 0 Å². The van der Waals surface area contributed by atoms with Gasteiger partial charge in [0.2, 0.25) is 0 Å². The molecule has 6 heteroatoms. The third-order valence-electron chi connectivity index (χ3n) is 3.75. The number of nitrogens with zero attached hydrogens (tertiary/aromatic N) is 2. The molecule has 2 rings (SSSR count). The summed E-state index contributed by atoms with van der Waals surface area (Å²) in [6, 6.07) is 3.73. The number of likely N-dealkylation sites (N-methyl/N-ethyl adjacent to an activating group) is 1. The molecule has 1 atom stereocenters. The van der Waals surface area contributed by atoms with E-state index in [1.807, 2.05) is 13.1 Å². The maximum Gasteiger partial charge on any atom is 0.273 e. The van der Waals surface area contributed by atoms with Crippen LogP contribution in [0, 0.1) is 23.0 Å². The molecule has 1 fully saturated rings. The summed E-state index contributed by atoms with van der Waals surface area (Å²) in [5.41, 5.74) is 7.62. The fraction of sp³-hybridized carbons (Fsp3) is 0.538. The minimum absolute atomic E-state index is 0.139. The fourth-order valence-corrected chi connectivity index (χ4v) is 3.06. The van der Waals surface area contributed by atoms with Crippen molar-refractivity contribution >= 4 is 27.3 Å². The van der Waals surface area contributed by atoms with E-state index in [0.717, 1.165) is 10.2 Å². The first-order valence-corrected chi connectivity index (χ1v) is 7.12. The van der Waals surface area contributed by atoms with Crippen LogP contribution in [-0.4, -0.2) is 24.6 Å². The zero-order valence-electron chi connectivity index (χ0n) is 11.1. The maximum absolute atomic E-state index is 10.9. The number of nitrogens with two attached hydrogens (primary N) is 1. The molecule has 19 heavy (non-hydrogen) atoms. The maximum atomic E-state index is 10.9.